The first-order valence-electron chi connectivity index (χ1n) is 8.96. The quantitative estimate of drug-likeness (QED) is 0.752. The Balaban J connectivity index is 1.40. The number of aromatic nitrogens is 2. The summed E-state index contributed by atoms with van der Waals surface area (Å²) in [6, 6.07) is 7.41. The first kappa shape index (κ1) is 16.3. The standard InChI is InChI=1S/C19H23N3O3/c1-24-16-6-2-4-14(10-16)18(23)15-5-3-9-22(11-15)12-17-20-21-19(25-17)13-7-8-13/h2,4,6,10,13,15H,3,5,7-9,11-12H2,1H3/t15-/m0/s1. The Labute approximate surface area is 147 Å². The van der Waals surface area contributed by atoms with Crippen molar-refractivity contribution in [1.29, 1.82) is 0 Å². The maximum atomic E-state index is 12.8. The largest absolute Gasteiger partial charge is 0.497 e. The lowest BCUT2D eigenvalue weighted by atomic mass is 9.90. The van der Waals surface area contributed by atoms with Gasteiger partial charge in [0.1, 0.15) is 5.75 Å². The van der Waals surface area contributed by atoms with Crippen molar-refractivity contribution < 1.29 is 13.9 Å². The number of methoxy groups -OCH3 is 1. The molecule has 2 aromatic rings. The number of piperidine rings is 1. The van der Waals surface area contributed by atoms with Gasteiger partial charge in [-0.05, 0) is 44.4 Å². The molecule has 0 unspecified atom stereocenters. The van der Waals surface area contributed by atoms with Gasteiger partial charge in [0.2, 0.25) is 11.8 Å². The van der Waals surface area contributed by atoms with E-state index in [1.165, 1.54) is 0 Å². The molecule has 0 bridgehead atoms. The third kappa shape index (κ3) is 3.74. The Morgan fingerprint density at radius 1 is 1.32 bits per heavy atom. The third-order valence-electron chi connectivity index (χ3n) is 5.00. The summed E-state index contributed by atoms with van der Waals surface area (Å²) < 4.78 is 11.0. The van der Waals surface area contributed by atoms with Crippen molar-refractivity contribution in [3.8, 4) is 5.75 Å². The van der Waals surface area contributed by atoms with Crippen molar-refractivity contribution in [1.82, 2.24) is 15.1 Å². The van der Waals surface area contributed by atoms with Gasteiger partial charge in [0, 0.05) is 23.9 Å². The molecule has 1 aromatic carbocycles. The van der Waals surface area contributed by atoms with Crippen molar-refractivity contribution in [3.63, 3.8) is 0 Å². The topological polar surface area (TPSA) is 68.5 Å². The molecule has 0 spiro atoms. The molecule has 1 aromatic heterocycles. The Bertz CT molecular complexity index is 754. The number of carbonyl (C=O) groups is 1. The van der Waals surface area contributed by atoms with Gasteiger partial charge in [-0.15, -0.1) is 10.2 Å². The number of ketones is 1. The molecule has 0 N–H and O–H groups in total. The number of rotatable bonds is 6. The molecule has 4 rings (SSSR count). The lowest BCUT2D eigenvalue weighted by molar-refractivity contribution is 0.0799. The van der Waals surface area contributed by atoms with Crippen molar-refractivity contribution >= 4 is 5.78 Å². The second-order valence-corrected chi connectivity index (χ2v) is 6.98. The summed E-state index contributed by atoms with van der Waals surface area (Å²) >= 11 is 0. The van der Waals surface area contributed by atoms with Gasteiger partial charge >= 0.3 is 0 Å². The predicted molar refractivity (Wildman–Crippen MR) is 91.6 cm³/mol. The normalized spacial score (nSPS) is 21.2. The maximum Gasteiger partial charge on any atom is 0.230 e. The van der Waals surface area contributed by atoms with E-state index in [1.807, 2.05) is 24.3 Å². The van der Waals surface area contributed by atoms with E-state index in [1.54, 1.807) is 7.11 Å². The molecule has 0 radical (unpaired) electrons. The minimum Gasteiger partial charge on any atom is -0.497 e. The first-order valence-corrected chi connectivity index (χ1v) is 8.96. The predicted octanol–water partition coefficient (Wildman–Crippen LogP) is 3.05. The van der Waals surface area contributed by atoms with Crippen LogP contribution in [0.15, 0.2) is 28.7 Å². The smallest absolute Gasteiger partial charge is 0.230 e. The van der Waals surface area contributed by atoms with E-state index in [2.05, 4.69) is 15.1 Å². The molecular weight excluding hydrogens is 318 g/mol. The van der Waals surface area contributed by atoms with Crippen molar-refractivity contribution in [2.75, 3.05) is 20.2 Å². The maximum absolute atomic E-state index is 12.8. The molecule has 6 nitrogen and oxygen atoms in total. The van der Waals surface area contributed by atoms with Crippen LogP contribution in [0.1, 0.15) is 53.7 Å². The molecule has 2 fully saturated rings. The highest BCUT2D eigenvalue weighted by molar-refractivity contribution is 5.98. The fourth-order valence-electron chi connectivity index (χ4n) is 3.44. The Morgan fingerprint density at radius 2 is 2.20 bits per heavy atom. The lowest BCUT2D eigenvalue weighted by Crippen LogP contribution is -2.38. The van der Waals surface area contributed by atoms with Crippen molar-refractivity contribution in [2.45, 2.75) is 38.1 Å². The number of hydrogen-bond acceptors (Lipinski definition) is 6. The molecule has 6 heteroatoms. The van der Waals surface area contributed by atoms with Crippen molar-refractivity contribution in [2.24, 2.45) is 5.92 Å². The van der Waals surface area contributed by atoms with Crippen LogP contribution in [0.2, 0.25) is 0 Å². The van der Waals surface area contributed by atoms with Crippen LogP contribution >= 0.6 is 0 Å². The van der Waals surface area contributed by atoms with Crippen LogP contribution < -0.4 is 4.74 Å². The summed E-state index contributed by atoms with van der Waals surface area (Å²) in [4.78, 5) is 15.1. The monoisotopic (exact) mass is 341 g/mol. The number of benzene rings is 1. The molecule has 25 heavy (non-hydrogen) atoms. The SMILES string of the molecule is COc1cccc(C(=O)[C@H]2CCCN(Cc3nnc(C4CC4)o3)C2)c1. The Morgan fingerprint density at radius 3 is 3.00 bits per heavy atom. The lowest BCUT2D eigenvalue weighted by Gasteiger charge is -2.30. The fraction of sp³-hybridized carbons (Fsp3) is 0.526. The average molecular weight is 341 g/mol. The van der Waals surface area contributed by atoms with E-state index in [9.17, 15) is 4.79 Å². The van der Waals surface area contributed by atoms with Crippen LogP contribution in [0, 0.1) is 5.92 Å². The van der Waals surface area contributed by atoms with E-state index in [0.29, 0.717) is 18.4 Å². The molecule has 1 saturated carbocycles. The van der Waals surface area contributed by atoms with E-state index in [0.717, 1.165) is 56.0 Å². The third-order valence-corrected chi connectivity index (χ3v) is 5.00. The molecule has 1 saturated heterocycles. The van der Waals surface area contributed by atoms with Gasteiger partial charge in [-0.3, -0.25) is 9.69 Å². The van der Waals surface area contributed by atoms with Gasteiger partial charge in [-0.25, -0.2) is 0 Å². The van der Waals surface area contributed by atoms with Gasteiger partial charge in [0.15, 0.2) is 5.78 Å². The van der Waals surface area contributed by atoms with Crippen LogP contribution in [0.3, 0.4) is 0 Å². The molecule has 2 aliphatic rings. The van der Waals surface area contributed by atoms with Gasteiger partial charge in [0.25, 0.3) is 0 Å². The van der Waals surface area contributed by atoms with Crippen LogP contribution in [-0.4, -0.2) is 41.1 Å². The highest BCUT2D eigenvalue weighted by atomic mass is 16.5. The van der Waals surface area contributed by atoms with Crippen LogP contribution in [0.25, 0.3) is 0 Å². The summed E-state index contributed by atoms with van der Waals surface area (Å²) in [5.74, 6) is 2.83. The molecule has 1 atom stereocenters. The van der Waals surface area contributed by atoms with Crippen LogP contribution in [0.4, 0.5) is 0 Å². The first-order chi connectivity index (χ1) is 12.2. The molecule has 2 heterocycles. The van der Waals surface area contributed by atoms with E-state index in [-0.39, 0.29) is 11.7 Å². The molecule has 132 valence electrons. The summed E-state index contributed by atoms with van der Waals surface area (Å²) in [7, 11) is 1.62. The molecule has 0 amide bonds. The number of carbonyl (C=O) groups excluding carboxylic acids is 1. The highest BCUT2D eigenvalue weighted by Gasteiger charge is 2.31. The molecular formula is C19H23N3O3. The highest BCUT2D eigenvalue weighted by Crippen LogP contribution is 2.39. The fourth-order valence-corrected chi connectivity index (χ4v) is 3.44. The van der Waals surface area contributed by atoms with E-state index < -0.39 is 0 Å². The number of likely N-dealkylation sites (tertiary alicyclic amines) is 1. The van der Waals surface area contributed by atoms with Gasteiger partial charge in [-0.1, -0.05) is 12.1 Å². The summed E-state index contributed by atoms with van der Waals surface area (Å²) in [5.41, 5.74) is 0.722. The van der Waals surface area contributed by atoms with Crippen molar-refractivity contribution in [3.05, 3.63) is 41.6 Å². The number of hydrogen-bond donors (Lipinski definition) is 0. The Hall–Kier alpha value is -2.21. The minimum absolute atomic E-state index is 0.00619. The van der Waals surface area contributed by atoms with E-state index >= 15 is 0 Å². The zero-order valence-electron chi connectivity index (χ0n) is 14.5. The average Bonchev–Trinajstić information content (AvgIpc) is 3.41. The van der Waals surface area contributed by atoms with E-state index in [4.69, 9.17) is 9.15 Å². The summed E-state index contributed by atoms with van der Waals surface area (Å²) in [6.07, 6.45) is 4.23. The number of Topliss-reactive ketones (excluding diaryl/α,β-unsaturated/α-hetero) is 1. The Kier molecular flexibility index (Phi) is 4.53. The van der Waals surface area contributed by atoms with Crippen LogP contribution in [-0.2, 0) is 6.54 Å². The number of ether oxygens (including phenoxy) is 1. The molecule has 1 aliphatic carbocycles. The second-order valence-electron chi connectivity index (χ2n) is 6.98. The minimum atomic E-state index is 0.00619. The van der Waals surface area contributed by atoms with Gasteiger partial charge < -0.3 is 9.15 Å². The summed E-state index contributed by atoms with van der Waals surface area (Å²) in [5, 5.41) is 8.30. The number of nitrogens with zero attached hydrogens (tertiary/aromatic N) is 3. The van der Waals surface area contributed by atoms with Gasteiger partial charge in [-0.2, -0.15) is 0 Å². The molecule has 1 aliphatic heterocycles. The second kappa shape index (κ2) is 6.96. The zero-order valence-corrected chi connectivity index (χ0v) is 14.5. The zero-order chi connectivity index (χ0) is 17.2. The van der Waals surface area contributed by atoms with Gasteiger partial charge in [0.05, 0.1) is 13.7 Å². The van der Waals surface area contributed by atoms with Crippen LogP contribution in [0.5, 0.6) is 5.75 Å². The summed E-state index contributed by atoms with van der Waals surface area (Å²) in [6.45, 7) is 2.32.